The minimum Gasteiger partial charge on any atom is -0.452 e. The second-order valence-corrected chi connectivity index (χ2v) is 8.31. The number of piperidine rings is 3. The summed E-state index contributed by atoms with van der Waals surface area (Å²) in [7, 11) is 1.48. The summed E-state index contributed by atoms with van der Waals surface area (Å²) in [4.78, 5) is 15.6. The molecule has 128 valence electrons. The number of carbonyl (C=O) groups is 1. The van der Waals surface area contributed by atoms with Gasteiger partial charge in [0.25, 0.3) is 11.1 Å². The van der Waals surface area contributed by atoms with E-state index in [1.54, 1.807) is 0 Å². The summed E-state index contributed by atoms with van der Waals surface area (Å²) < 4.78 is 11.1. The van der Waals surface area contributed by atoms with E-state index in [1.807, 2.05) is 12.1 Å². The molecule has 7 nitrogen and oxygen atoms in total. The molecular weight excluding hydrogens is 348 g/mol. The third kappa shape index (κ3) is 3.28. The molecule has 2 aromatic rings. The van der Waals surface area contributed by atoms with Gasteiger partial charge < -0.3 is 19.4 Å². The lowest BCUT2D eigenvalue weighted by molar-refractivity contribution is 0.0622. The number of nitrogens with one attached hydrogen (secondary N) is 1. The van der Waals surface area contributed by atoms with E-state index in [-0.39, 0.29) is 18.0 Å². The Balaban J connectivity index is 1.38. The monoisotopic (exact) mass is 366 g/mol. The number of rotatable bonds is 5. The minimum atomic E-state index is 0.00806. The van der Waals surface area contributed by atoms with Crippen molar-refractivity contribution in [1.29, 1.82) is 0 Å². The second-order valence-electron chi connectivity index (χ2n) is 5.98. The number of fused-ring (bicyclic) bond motifs is 3. The molecule has 2 aromatic heterocycles. The van der Waals surface area contributed by atoms with Crippen LogP contribution in [0.5, 0.6) is 6.08 Å². The largest absolute Gasteiger partial charge is 0.452 e. The number of carbonyl (C=O) groups excluding carboxylic acids is 1. The van der Waals surface area contributed by atoms with Crippen LogP contribution >= 0.6 is 23.1 Å². The van der Waals surface area contributed by atoms with Gasteiger partial charge >= 0.3 is 6.08 Å². The van der Waals surface area contributed by atoms with Crippen LogP contribution in [0.3, 0.4) is 0 Å². The average Bonchev–Trinajstić information content (AvgIpc) is 3.26. The van der Waals surface area contributed by atoms with E-state index in [0.717, 1.165) is 10.8 Å². The van der Waals surface area contributed by atoms with Gasteiger partial charge in [-0.2, -0.15) is 0 Å². The van der Waals surface area contributed by atoms with Crippen LogP contribution in [0.2, 0.25) is 0 Å². The van der Waals surface area contributed by atoms with Crippen LogP contribution in [0, 0.1) is 5.92 Å². The minimum absolute atomic E-state index is 0.00806. The van der Waals surface area contributed by atoms with Gasteiger partial charge in [-0.1, -0.05) is 10.2 Å². The molecule has 1 atom stereocenters. The molecule has 0 saturated carbocycles. The van der Waals surface area contributed by atoms with Gasteiger partial charge in [-0.05, 0) is 55.7 Å². The fourth-order valence-corrected chi connectivity index (χ4v) is 5.07. The highest BCUT2D eigenvalue weighted by Crippen LogP contribution is 2.34. The Morgan fingerprint density at radius 2 is 2.25 bits per heavy atom. The summed E-state index contributed by atoms with van der Waals surface area (Å²) in [6, 6.07) is 4.02. The molecule has 1 N–H and O–H groups in total. The van der Waals surface area contributed by atoms with Crippen molar-refractivity contribution in [2.45, 2.75) is 28.3 Å². The molecular formula is C15H18N4O3S2. The Morgan fingerprint density at radius 1 is 1.42 bits per heavy atom. The summed E-state index contributed by atoms with van der Waals surface area (Å²) in [5.41, 5.74) is 0. The fourth-order valence-electron chi connectivity index (χ4n) is 3.27. The SMILES string of the molecule is COc1nnc(Sc2ccc(C(=O)NC3CN4CCC3CC4)s2)o1. The molecule has 3 fully saturated rings. The Bertz CT molecular complexity index is 724. The summed E-state index contributed by atoms with van der Waals surface area (Å²) in [6.45, 7) is 3.32. The Labute approximate surface area is 147 Å². The van der Waals surface area contributed by atoms with Crippen molar-refractivity contribution in [2.75, 3.05) is 26.7 Å². The van der Waals surface area contributed by atoms with Crippen molar-refractivity contribution in [2.24, 2.45) is 5.92 Å². The normalized spacial score (nSPS) is 25.6. The maximum absolute atomic E-state index is 12.5. The fraction of sp³-hybridized carbons (Fsp3) is 0.533. The molecule has 24 heavy (non-hydrogen) atoms. The van der Waals surface area contributed by atoms with Gasteiger partial charge in [-0.3, -0.25) is 4.79 Å². The summed E-state index contributed by atoms with van der Waals surface area (Å²) >= 11 is 2.76. The predicted octanol–water partition coefficient (Wildman–Crippen LogP) is 2.11. The summed E-state index contributed by atoms with van der Waals surface area (Å²) in [6.07, 6.45) is 2.51. The van der Waals surface area contributed by atoms with E-state index in [1.165, 1.54) is 56.1 Å². The highest BCUT2D eigenvalue weighted by atomic mass is 32.2. The van der Waals surface area contributed by atoms with Crippen molar-refractivity contribution in [3.8, 4) is 6.08 Å². The van der Waals surface area contributed by atoms with Crippen molar-refractivity contribution in [1.82, 2.24) is 20.4 Å². The maximum Gasteiger partial charge on any atom is 0.415 e. The first-order valence-electron chi connectivity index (χ1n) is 7.89. The number of hydrogen-bond donors (Lipinski definition) is 1. The quantitative estimate of drug-likeness (QED) is 0.868. The van der Waals surface area contributed by atoms with Crippen LogP contribution in [-0.4, -0.2) is 53.8 Å². The van der Waals surface area contributed by atoms with Crippen LogP contribution in [-0.2, 0) is 0 Å². The number of amides is 1. The van der Waals surface area contributed by atoms with Crippen LogP contribution in [0.1, 0.15) is 22.5 Å². The van der Waals surface area contributed by atoms with E-state index in [4.69, 9.17) is 9.15 Å². The summed E-state index contributed by atoms with van der Waals surface area (Å²) in [5.74, 6) is 0.632. The van der Waals surface area contributed by atoms with Gasteiger partial charge in [-0.25, -0.2) is 0 Å². The lowest BCUT2D eigenvalue weighted by atomic mass is 9.84. The zero-order chi connectivity index (χ0) is 16.5. The van der Waals surface area contributed by atoms with Crippen LogP contribution in [0.4, 0.5) is 0 Å². The van der Waals surface area contributed by atoms with Crippen molar-refractivity contribution in [3.05, 3.63) is 17.0 Å². The highest BCUT2D eigenvalue weighted by Gasteiger charge is 2.35. The first-order chi connectivity index (χ1) is 11.7. The lowest BCUT2D eigenvalue weighted by Gasteiger charge is -2.44. The van der Waals surface area contributed by atoms with Crippen LogP contribution in [0.25, 0.3) is 0 Å². The molecule has 3 aliphatic heterocycles. The number of nitrogens with zero attached hydrogens (tertiary/aromatic N) is 3. The number of methoxy groups -OCH3 is 1. The third-order valence-electron chi connectivity index (χ3n) is 4.53. The van der Waals surface area contributed by atoms with E-state index in [0.29, 0.717) is 16.0 Å². The van der Waals surface area contributed by atoms with Gasteiger partial charge in [0, 0.05) is 12.6 Å². The number of aromatic nitrogens is 2. The molecule has 5 rings (SSSR count). The molecule has 0 spiro atoms. The van der Waals surface area contributed by atoms with Gasteiger partial charge in [0.1, 0.15) is 0 Å². The van der Waals surface area contributed by atoms with Crippen molar-refractivity contribution in [3.63, 3.8) is 0 Å². The van der Waals surface area contributed by atoms with Crippen LogP contribution < -0.4 is 10.1 Å². The summed E-state index contributed by atoms with van der Waals surface area (Å²) in [5, 5.41) is 11.2. The third-order valence-corrected chi connectivity index (χ3v) is 6.58. The highest BCUT2D eigenvalue weighted by molar-refractivity contribution is 8.01. The molecule has 1 amide bonds. The van der Waals surface area contributed by atoms with E-state index < -0.39 is 0 Å². The zero-order valence-corrected chi connectivity index (χ0v) is 14.9. The van der Waals surface area contributed by atoms with Gasteiger partial charge in [-0.15, -0.1) is 11.3 Å². The lowest BCUT2D eigenvalue weighted by Crippen LogP contribution is -2.57. The second kappa shape index (κ2) is 6.73. The standard InChI is InChI=1S/C15H18N4O3S2/c1-21-14-17-18-15(22-14)24-12-3-2-11(23-12)13(20)16-10-8-19-6-4-9(10)5-7-19/h2-3,9-10H,4-8H2,1H3,(H,16,20). The maximum atomic E-state index is 12.5. The molecule has 0 radical (unpaired) electrons. The molecule has 2 bridgehead atoms. The zero-order valence-electron chi connectivity index (χ0n) is 13.2. The molecule has 5 heterocycles. The smallest absolute Gasteiger partial charge is 0.415 e. The van der Waals surface area contributed by atoms with Gasteiger partial charge in [0.2, 0.25) is 0 Å². The molecule has 1 unspecified atom stereocenters. The van der Waals surface area contributed by atoms with E-state index in [2.05, 4.69) is 20.4 Å². The number of hydrogen-bond acceptors (Lipinski definition) is 8. The first kappa shape index (κ1) is 15.9. The van der Waals surface area contributed by atoms with Gasteiger partial charge in [0.05, 0.1) is 16.2 Å². The molecule has 0 aromatic carbocycles. The molecule has 3 aliphatic rings. The predicted molar refractivity (Wildman–Crippen MR) is 89.7 cm³/mol. The van der Waals surface area contributed by atoms with Crippen LogP contribution in [0.15, 0.2) is 26.0 Å². The molecule has 0 aliphatic carbocycles. The molecule has 3 saturated heterocycles. The first-order valence-corrected chi connectivity index (χ1v) is 9.53. The van der Waals surface area contributed by atoms with E-state index >= 15 is 0 Å². The Morgan fingerprint density at radius 3 is 2.92 bits per heavy atom. The average molecular weight is 366 g/mol. The van der Waals surface area contributed by atoms with Crippen molar-refractivity contribution < 1.29 is 13.9 Å². The van der Waals surface area contributed by atoms with Gasteiger partial charge in [0.15, 0.2) is 0 Å². The number of thiophene rings is 1. The Hall–Kier alpha value is -1.58. The Kier molecular flexibility index (Phi) is 4.47. The molecule has 9 heteroatoms. The van der Waals surface area contributed by atoms with Crippen molar-refractivity contribution >= 4 is 29.0 Å². The number of ether oxygens (including phenoxy) is 1. The topological polar surface area (TPSA) is 80.5 Å². The van der Waals surface area contributed by atoms with E-state index in [9.17, 15) is 4.79 Å².